The van der Waals surface area contributed by atoms with Crippen LogP contribution in [0.5, 0.6) is 0 Å². The topological polar surface area (TPSA) is 47.6 Å². The van der Waals surface area contributed by atoms with Crippen molar-refractivity contribution in [3.8, 4) is 12.1 Å². The number of unbranched alkanes of at least 4 members (excludes halogenated alkanes) is 3. The van der Waals surface area contributed by atoms with Gasteiger partial charge in [-0.05, 0) is 20.3 Å². The first-order valence-corrected chi connectivity index (χ1v) is 5.64. The molecule has 0 aromatic heterocycles. The van der Waals surface area contributed by atoms with Crippen LogP contribution in [0.2, 0.25) is 0 Å². The van der Waals surface area contributed by atoms with Gasteiger partial charge in [0.05, 0.1) is 18.1 Å². The van der Waals surface area contributed by atoms with E-state index >= 15 is 0 Å². The molecule has 0 N–H and O–H groups in total. The van der Waals surface area contributed by atoms with Crippen molar-refractivity contribution >= 4 is 0 Å². The fourth-order valence-corrected chi connectivity index (χ4v) is 1.59. The van der Waals surface area contributed by atoms with Gasteiger partial charge in [-0.2, -0.15) is 10.5 Å². The van der Waals surface area contributed by atoms with Gasteiger partial charge in [0.25, 0.3) is 0 Å². The second kappa shape index (κ2) is 8.06. The highest BCUT2D eigenvalue weighted by Gasteiger charge is 2.13. The van der Waals surface area contributed by atoms with Gasteiger partial charge < -0.3 is 0 Å². The number of nitriles is 2. The molecular weight excluding hydrogens is 184 g/mol. The lowest BCUT2D eigenvalue weighted by molar-refractivity contribution is 0.585. The van der Waals surface area contributed by atoms with Crippen LogP contribution in [0.15, 0.2) is 11.1 Å². The Bertz CT molecular complexity index is 285. The summed E-state index contributed by atoms with van der Waals surface area (Å²) < 4.78 is 0. The molecule has 0 saturated heterocycles. The molecule has 0 rings (SSSR count). The number of nitrogens with zero attached hydrogens (tertiary/aromatic N) is 2. The van der Waals surface area contributed by atoms with Crippen molar-refractivity contribution < 1.29 is 0 Å². The van der Waals surface area contributed by atoms with E-state index in [2.05, 4.69) is 19.1 Å². The summed E-state index contributed by atoms with van der Waals surface area (Å²) >= 11 is 0. The van der Waals surface area contributed by atoms with E-state index in [1.807, 2.05) is 13.8 Å². The van der Waals surface area contributed by atoms with Crippen LogP contribution in [-0.4, -0.2) is 0 Å². The van der Waals surface area contributed by atoms with Gasteiger partial charge in [-0.15, -0.1) is 0 Å². The third-order valence-corrected chi connectivity index (χ3v) is 2.51. The minimum absolute atomic E-state index is 0.197. The summed E-state index contributed by atoms with van der Waals surface area (Å²) in [5.74, 6) is -0.197. The largest absolute Gasteiger partial charge is 0.198 e. The van der Waals surface area contributed by atoms with Crippen LogP contribution in [0.3, 0.4) is 0 Å². The first-order chi connectivity index (χ1) is 7.17. The van der Waals surface area contributed by atoms with Gasteiger partial charge in [-0.1, -0.05) is 38.2 Å². The van der Waals surface area contributed by atoms with Crippen LogP contribution in [0.25, 0.3) is 0 Å². The highest BCUT2D eigenvalue weighted by atomic mass is 14.3. The van der Waals surface area contributed by atoms with E-state index < -0.39 is 0 Å². The van der Waals surface area contributed by atoms with Crippen LogP contribution in [-0.2, 0) is 0 Å². The van der Waals surface area contributed by atoms with Crippen molar-refractivity contribution in [1.29, 1.82) is 10.5 Å². The van der Waals surface area contributed by atoms with E-state index in [-0.39, 0.29) is 5.92 Å². The molecule has 0 bridgehead atoms. The van der Waals surface area contributed by atoms with Gasteiger partial charge in [0.2, 0.25) is 0 Å². The zero-order chi connectivity index (χ0) is 11.7. The molecule has 0 heterocycles. The molecule has 0 amide bonds. The average Bonchev–Trinajstić information content (AvgIpc) is 2.22. The summed E-state index contributed by atoms with van der Waals surface area (Å²) in [6.07, 6.45) is 5.45. The molecule has 1 unspecified atom stereocenters. The Morgan fingerprint density at radius 3 is 2.20 bits per heavy atom. The average molecular weight is 204 g/mol. The smallest absolute Gasteiger partial charge is 0.0960 e. The molecule has 0 aromatic carbocycles. The summed E-state index contributed by atoms with van der Waals surface area (Å²) in [7, 11) is 0. The van der Waals surface area contributed by atoms with Crippen LogP contribution in [0, 0.1) is 28.6 Å². The van der Waals surface area contributed by atoms with Crippen molar-refractivity contribution in [2.75, 3.05) is 0 Å². The molecule has 0 fully saturated rings. The minimum Gasteiger partial charge on any atom is -0.198 e. The van der Waals surface area contributed by atoms with E-state index in [9.17, 15) is 0 Å². The highest BCUT2D eigenvalue weighted by molar-refractivity contribution is 5.32. The fraction of sp³-hybridized carbons (Fsp3) is 0.692. The number of hydrogen-bond acceptors (Lipinski definition) is 2. The summed E-state index contributed by atoms with van der Waals surface area (Å²) in [6.45, 7) is 5.96. The van der Waals surface area contributed by atoms with Crippen LogP contribution >= 0.6 is 0 Å². The SMILES string of the molecule is CCCCCCC(C#N)C(C#N)=C(C)C. The standard InChI is InChI=1S/C13H20N2/c1-4-5-6-7-8-12(9-14)13(10-15)11(2)3/h12H,4-8H2,1-3H3. The molecule has 0 aliphatic rings. The number of allylic oxidation sites excluding steroid dienone is 2. The van der Waals surface area contributed by atoms with Crippen LogP contribution in [0.4, 0.5) is 0 Å². The monoisotopic (exact) mass is 204 g/mol. The van der Waals surface area contributed by atoms with Gasteiger partial charge in [-0.3, -0.25) is 0 Å². The zero-order valence-corrected chi connectivity index (χ0v) is 10.0. The Balaban J connectivity index is 4.22. The third-order valence-electron chi connectivity index (χ3n) is 2.51. The third kappa shape index (κ3) is 5.23. The molecule has 0 aromatic rings. The first-order valence-electron chi connectivity index (χ1n) is 5.64. The maximum atomic E-state index is 9.00. The van der Waals surface area contributed by atoms with Crippen molar-refractivity contribution in [2.24, 2.45) is 5.92 Å². The van der Waals surface area contributed by atoms with Crippen molar-refractivity contribution in [3.05, 3.63) is 11.1 Å². The molecule has 0 spiro atoms. The summed E-state index contributed by atoms with van der Waals surface area (Å²) in [5, 5.41) is 17.9. The quantitative estimate of drug-likeness (QED) is 0.485. The first kappa shape index (κ1) is 13.7. The van der Waals surface area contributed by atoms with E-state index in [0.29, 0.717) is 5.57 Å². The molecule has 0 saturated carbocycles. The Morgan fingerprint density at radius 1 is 1.13 bits per heavy atom. The van der Waals surface area contributed by atoms with E-state index in [0.717, 1.165) is 24.8 Å². The van der Waals surface area contributed by atoms with Crippen LogP contribution in [0.1, 0.15) is 52.9 Å². The highest BCUT2D eigenvalue weighted by Crippen LogP contribution is 2.20. The minimum atomic E-state index is -0.197. The van der Waals surface area contributed by atoms with E-state index in [1.54, 1.807) is 0 Å². The molecule has 0 radical (unpaired) electrons. The van der Waals surface area contributed by atoms with Gasteiger partial charge in [0, 0.05) is 5.57 Å². The predicted octanol–water partition coefficient (Wildman–Crippen LogP) is 3.96. The maximum Gasteiger partial charge on any atom is 0.0960 e. The summed E-state index contributed by atoms with van der Waals surface area (Å²) in [5.41, 5.74) is 1.63. The molecule has 15 heavy (non-hydrogen) atoms. The molecule has 82 valence electrons. The van der Waals surface area contributed by atoms with E-state index in [1.165, 1.54) is 12.8 Å². The zero-order valence-electron chi connectivity index (χ0n) is 10.0. The summed E-state index contributed by atoms with van der Waals surface area (Å²) in [6, 6.07) is 4.38. The lowest BCUT2D eigenvalue weighted by atomic mass is 9.92. The van der Waals surface area contributed by atoms with Crippen molar-refractivity contribution in [2.45, 2.75) is 52.9 Å². The fourth-order valence-electron chi connectivity index (χ4n) is 1.59. The molecule has 1 atom stereocenters. The Morgan fingerprint density at radius 2 is 1.80 bits per heavy atom. The number of rotatable bonds is 6. The Kier molecular flexibility index (Phi) is 7.38. The van der Waals surface area contributed by atoms with Gasteiger partial charge in [0.15, 0.2) is 0 Å². The van der Waals surface area contributed by atoms with Gasteiger partial charge in [-0.25, -0.2) is 0 Å². The molecule has 0 aliphatic heterocycles. The van der Waals surface area contributed by atoms with Crippen molar-refractivity contribution in [3.63, 3.8) is 0 Å². The predicted molar refractivity (Wildman–Crippen MR) is 61.8 cm³/mol. The van der Waals surface area contributed by atoms with Crippen LogP contribution < -0.4 is 0 Å². The lowest BCUT2D eigenvalue weighted by Crippen LogP contribution is -2.02. The Labute approximate surface area is 93.2 Å². The molecule has 2 heteroatoms. The maximum absolute atomic E-state index is 9.00. The summed E-state index contributed by atoms with van der Waals surface area (Å²) in [4.78, 5) is 0. The van der Waals surface area contributed by atoms with Gasteiger partial charge >= 0.3 is 0 Å². The second-order valence-electron chi connectivity index (χ2n) is 4.06. The Hall–Kier alpha value is -1.28. The number of hydrogen-bond donors (Lipinski definition) is 0. The molecule has 0 aliphatic carbocycles. The second-order valence-corrected chi connectivity index (χ2v) is 4.06. The molecule has 2 nitrogen and oxygen atoms in total. The van der Waals surface area contributed by atoms with E-state index in [4.69, 9.17) is 10.5 Å². The normalized spacial score (nSPS) is 11.3. The van der Waals surface area contributed by atoms with Crippen molar-refractivity contribution in [1.82, 2.24) is 0 Å². The lowest BCUT2D eigenvalue weighted by Gasteiger charge is -2.08. The molecular formula is C13H20N2. The van der Waals surface area contributed by atoms with Gasteiger partial charge in [0.1, 0.15) is 0 Å².